The number of hydrogen-bond acceptors (Lipinski definition) is 1. The van der Waals surface area contributed by atoms with Crippen LogP contribution in [0.2, 0.25) is 0 Å². The summed E-state index contributed by atoms with van der Waals surface area (Å²) in [5.41, 5.74) is -0.0441. The van der Waals surface area contributed by atoms with Crippen LogP contribution in [-0.2, 0) is 4.79 Å². The van der Waals surface area contributed by atoms with Gasteiger partial charge in [0.05, 0.1) is 5.41 Å². The molecule has 1 spiro atoms. The van der Waals surface area contributed by atoms with Crippen molar-refractivity contribution in [3.05, 3.63) is 24.3 Å². The molecule has 0 amide bonds. The van der Waals surface area contributed by atoms with Gasteiger partial charge in [-0.05, 0) is 55.8 Å². The summed E-state index contributed by atoms with van der Waals surface area (Å²) in [7, 11) is 0. The van der Waals surface area contributed by atoms with E-state index in [1.165, 1.54) is 25.7 Å². The minimum absolute atomic E-state index is 0.0441. The van der Waals surface area contributed by atoms with E-state index in [1.54, 1.807) is 0 Å². The molecule has 2 saturated carbocycles. The van der Waals surface area contributed by atoms with E-state index in [2.05, 4.69) is 24.3 Å². The highest BCUT2D eigenvalue weighted by molar-refractivity contribution is 5.89. The predicted octanol–water partition coefficient (Wildman–Crippen LogP) is 3.51. The molecule has 0 radical (unpaired) electrons. The second-order valence-electron chi connectivity index (χ2n) is 6.51. The third kappa shape index (κ3) is 1.23. The van der Waals surface area contributed by atoms with Gasteiger partial charge in [0.15, 0.2) is 0 Å². The number of ketones is 1. The van der Waals surface area contributed by atoms with Gasteiger partial charge in [0, 0.05) is 6.42 Å². The van der Waals surface area contributed by atoms with Crippen LogP contribution < -0.4 is 0 Å². The van der Waals surface area contributed by atoms with Gasteiger partial charge < -0.3 is 0 Å². The summed E-state index contributed by atoms with van der Waals surface area (Å²) in [6.45, 7) is 0. The van der Waals surface area contributed by atoms with Gasteiger partial charge in [-0.3, -0.25) is 4.79 Å². The zero-order chi connectivity index (χ0) is 11.5. The molecule has 0 saturated heterocycles. The summed E-state index contributed by atoms with van der Waals surface area (Å²) in [5.74, 6) is 3.32. The number of rotatable bonds is 0. The molecule has 5 aliphatic rings. The van der Waals surface area contributed by atoms with Crippen LogP contribution in [0.3, 0.4) is 0 Å². The molecule has 0 heterocycles. The van der Waals surface area contributed by atoms with Crippen LogP contribution >= 0.6 is 0 Å². The number of fused-ring (bicyclic) bond motifs is 2. The van der Waals surface area contributed by atoms with Crippen molar-refractivity contribution in [1.29, 1.82) is 0 Å². The lowest BCUT2D eigenvalue weighted by molar-refractivity contribution is -0.140. The van der Waals surface area contributed by atoms with E-state index in [9.17, 15) is 4.79 Å². The first-order valence-electron chi connectivity index (χ1n) is 7.19. The highest BCUT2D eigenvalue weighted by atomic mass is 16.1. The number of hydrogen-bond donors (Lipinski definition) is 0. The number of Topliss-reactive ketones (excluding diaryl/α,β-unsaturated/α-hetero) is 1. The van der Waals surface area contributed by atoms with Crippen LogP contribution in [0.15, 0.2) is 24.3 Å². The van der Waals surface area contributed by atoms with Gasteiger partial charge in [-0.1, -0.05) is 24.3 Å². The monoisotopic (exact) mass is 228 g/mol. The van der Waals surface area contributed by atoms with Gasteiger partial charge >= 0.3 is 0 Å². The van der Waals surface area contributed by atoms with Crippen LogP contribution in [0, 0.1) is 29.1 Å². The lowest BCUT2D eigenvalue weighted by Crippen LogP contribution is -2.53. The van der Waals surface area contributed by atoms with Crippen LogP contribution in [0.4, 0.5) is 0 Å². The maximum absolute atomic E-state index is 12.4. The molecule has 2 fully saturated rings. The maximum Gasteiger partial charge on any atom is 0.143 e. The van der Waals surface area contributed by atoms with Crippen molar-refractivity contribution >= 4 is 5.78 Å². The third-order valence-corrected chi connectivity index (χ3v) is 5.85. The summed E-state index contributed by atoms with van der Waals surface area (Å²) in [5, 5.41) is 0. The van der Waals surface area contributed by atoms with Crippen molar-refractivity contribution in [3.63, 3.8) is 0 Å². The topological polar surface area (TPSA) is 17.1 Å². The molecule has 1 nitrogen and oxygen atoms in total. The van der Waals surface area contributed by atoms with Crippen molar-refractivity contribution in [2.24, 2.45) is 29.1 Å². The molecule has 5 rings (SSSR count). The molecule has 5 atom stereocenters. The smallest absolute Gasteiger partial charge is 0.143 e. The highest BCUT2D eigenvalue weighted by Crippen LogP contribution is 2.59. The van der Waals surface area contributed by atoms with Gasteiger partial charge in [0.1, 0.15) is 5.78 Å². The Morgan fingerprint density at radius 1 is 1.24 bits per heavy atom. The molecule has 5 unspecified atom stereocenters. The van der Waals surface area contributed by atoms with Gasteiger partial charge in [-0.2, -0.15) is 0 Å². The molecule has 2 bridgehead atoms. The fourth-order valence-electron chi connectivity index (χ4n) is 4.97. The lowest BCUT2D eigenvalue weighted by atomic mass is 9.47. The van der Waals surface area contributed by atoms with Crippen molar-refractivity contribution in [1.82, 2.24) is 0 Å². The van der Waals surface area contributed by atoms with Crippen LogP contribution in [-0.4, -0.2) is 5.78 Å². The van der Waals surface area contributed by atoms with Crippen molar-refractivity contribution in [2.75, 3.05) is 0 Å². The summed E-state index contributed by atoms with van der Waals surface area (Å²) < 4.78 is 0. The predicted molar refractivity (Wildman–Crippen MR) is 67.4 cm³/mol. The quantitative estimate of drug-likeness (QED) is 0.580. The zero-order valence-corrected chi connectivity index (χ0v) is 10.3. The fourth-order valence-corrected chi connectivity index (χ4v) is 4.97. The summed E-state index contributed by atoms with van der Waals surface area (Å²) >= 11 is 0. The van der Waals surface area contributed by atoms with Crippen molar-refractivity contribution in [2.45, 2.75) is 38.5 Å². The van der Waals surface area contributed by atoms with Gasteiger partial charge in [0.25, 0.3) is 0 Å². The van der Waals surface area contributed by atoms with E-state index in [-0.39, 0.29) is 5.41 Å². The largest absolute Gasteiger partial charge is 0.299 e. The zero-order valence-electron chi connectivity index (χ0n) is 10.3. The lowest BCUT2D eigenvalue weighted by Gasteiger charge is -2.55. The first-order valence-corrected chi connectivity index (χ1v) is 7.19. The Morgan fingerprint density at radius 2 is 2.18 bits per heavy atom. The van der Waals surface area contributed by atoms with Gasteiger partial charge in [-0.25, -0.2) is 0 Å². The van der Waals surface area contributed by atoms with Crippen LogP contribution in [0.5, 0.6) is 0 Å². The van der Waals surface area contributed by atoms with Crippen molar-refractivity contribution in [3.8, 4) is 0 Å². The van der Waals surface area contributed by atoms with E-state index in [0.29, 0.717) is 23.5 Å². The van der Waals surface area contributed by atoms with Crippen LogP contribution in [0.25, 0.3) is 0 Å². The van der Waals surface area contributed by atoms with E-state index in [0.717, 1.165) is 18.8 Å². The van der Waals surface area contributed by atoms with Gasteiger partial charge in [-0.15, -0.1) is 0 Å². The molecular weight excluding hydrogens is 208 g/mol. The second kappa shape index (κ2) is 3.34. The molecule has 0 aromatic heterocycles. The number of carbonyl (C=O) groups excluding carboxylic acids is 1. The van der Waals surface area contributed by atoms with Crippen molar-refractivity contribution < 1.29 is 4.79 Å². The Morgan fingerprint density at radius 3 is 3.06 bits per heavy atom. The molecule has 0 N–H and O–H groups in total. The molecule has 17 heavy (non-hydrogen) atoms. The standard InChI is InChI=1S/C16H20O/c17-15-10-11-5-7-16(15)8-6-12-3-1-2-4-13(12)14(16)9-11/h2,4-5,7,11-14H,1,3,6,8-10H2. The molecule has 0 aliphatic heterocycles. The molecule has 5 aliphatic carbocycles. The summed E-state index contributed by atoms with van der Waals surface area (Å²) in [6.07, 6.45) is 16.6. The summed E-state index contributed by atoms with van der Waals surface area (Å²) in [6, 6.07) is 0. The second-order valence-corrected chi connectivity index (χ2v) is 6.51. The molecular formula is C16H20O. The van der Waals surface area contributed by atoms with E-state index in [4.69, 9.17) is 0 Å². The Balaban J connectivity index is 1.78. The Bertz CT molecular complexity index is 419. The Hall–Kier alpha value is -0.850. The summed E-state index contributed by atoms with van der Waals surface area (Å²) in [4.78, 5) is 12.4. The molecule has 0 aromatic carbocycles. The first kappa shape index (κ1) is 10.1. The van der Waals surface area contributed by atoms with E-state index < -0.39 is 0 Å². The molecule has 0 aromatic rings. The molecule has 1 heteroatoms. The molecule has 90 valence electrons. The number of carbonyl (C=O) groups is 1. The highest BCUT2D eigenvalue weighted by Gasteiger charge is 2.56. The van der Waals surface area contributed by atoms with E-state index >= 15 is 0 Å². The van der Waals surface area contributed by atoms with Gasteiger partial charge in [0.2, 0.25) is 0 Å². The SMILES string of the molecule is O=C1CC2C=CC13CCC1CCC=CC1C3C2. The first-order chi connectivity index (χ1) is 8.29. The number of allylic oxidation sites excluding steroid dienone is 4. The normalized spacial score (nSPS) is 51.2. The minimum atomic E-state index is -0.0441. The maximum atomic E-state index is 12.4. The fraction of sp³-hybridized carbons (Fsp3) is 0.688. The average Bonchev–Trinajstić information content (AvgIpc) is 2.38. The third-order valence-electron chi connectivity index (χ3n) is 5.85. The Labute approximate surface area is 103 Å². The average molecular weight is 228 g/mol. The van der Waals surface area contributed by atoms with E-state index in [1.807, 2.05) is 0 Å². The Kier molecular flexibility index (Phi) is 1.98. The minimum Gasteiger partial charge on any atom is -0.299 e. The van der Waals surface area contributed by atoms with Crippen LogP contribution in [0.1, 0.15) is 38.5 Å².